The largest absolute Gasteiger partial charge is 0.378 e. The molecule has 0 radical (unpaired) electrons. The Hall–Kier alpha value is -0.340. The zero-order valence-corrected chi connectivity index (χ0v) is 8.75. The van der Waals surface area contributed by atoms with E-state index in [9.17, 15) is 0 Å². The van der Waals surface area contributed by atoms with Gasteiger partial charge in [0.15, 0.2) is 0 Å². The minimum absolute atomic E-state index is 0.441. The average Bonchev–Trinajstić information content (AvgIpc) is 2.15. The molecule has 76 valence electrons. The minimum atomic E-state index is 0.441. The molecule has 2 atom stereocenters. The van der Waals surface area contributed by atoms with Crippen LogP contribution < -0.4 is 5.32 Å². The van der Waals surface area contributed by atoms with E-state index in [4.69, 9.17) is 4.74 Å². The van der Waals surface area contributed by atoms with Gasteiger partial charge in [-0.05, 0) is 18.8 Å². The Bertz CT molecular complexity index is 156. The fourth-order valence-electron chi connectivity index (χ4n) is 1.73. The van der Waals surface area contributed by atoms with Crippen LogP contribution in [0, 0.1) is 5.92 Å². The van der Waals surface area contributed by atoms with Gasteiger partial charge in [-0.3, -0.25) is 0 Å². The highest BCUT2D eigenvalue weighted by Crippen LogP contribution is 2.19. The average molecular weight is 183 g/mol. The van der Waals surface area contributed by atoms with Gasteiger partial charge in [0.05, 0.1) is 6.10 Å². The summed E-state index contributed by atoms with van der Waals surface area (Å²) in [7, 11) is 0. The van der Waals surface area contributed by atoms with Crippen molar-refractivity contribution in [1.29, 1.82) is 0 Å². The smallest absolute Gasteiger partial charge is 0.0612 e. The molecule has 1 heterocycles. The Morgan fingerprint density at radius 2 is 2.38 bits per heavy atom. The Labute approximate surface area is 81.4 Å². The third-order valence-electron chi connectivity index (χ3n) is 2.61. The minimum Gasteiger partial charge on any atom is -0.378 e. The number of nitrogens with one attached hydrogen (secondary N) is 1. The van der Waals surface area contributed by atoms with E-state index in [2.05, 4.69) is 25.7 Å². The highest BCUT2D eigenvalue weighted by molar-refractivity contribution is 4.81. The molecular weight excluding hydrogens is 162 g/mol. The van der Waals surface area contributed by atoms with E-state index in [0.29, 0.717) is 18.1 Å². The van der Waals surface area contributed by atoms with E-state index in [1.165, 1.54) is 0 Å². The van der Waals surface area contributed by atoms with Crippen molar-refractivity contribution in [2.45, 2.75) is 38.8 Å². The quantitative estimate of drug-likeness (QED) is 0.673. The van der Waals surface area contributed by atoms with Crippen LogP contribution in [0.3, 0.4) is 0 Å². The summed E-state index contributed by atoms with van der Waals surface area (Å²) in [6, 6.07) is 0.624. The molecule has 1 saturated heterocycles. The van der Waals surface area contributed by atoms with Gasteiger partial charge in [-0.2, -0.15) is 0 Å². The van der Waals surface area contributed by atoms with Gasteiger partial charge in [0.1, 0.15) is 0 Å². The molecule has 0 aromatic heterocycles. The van der Waals surface area contributed by atoms with Crippen LogP contribution in [-0.2, 0) is 4.74 Å². The van der Waals surface area contributed by atoms with Crippen LogP contribution in [0.5, 0.6) is 0 Å². The van der Waals surface area contributed by atoms with Crippen LogP contribution in [0.4, 0.5) is 0 Å². The summed E-state index contributed by atoms with van der Waals surface area (Å²) in [6.45, 7) is 9.96. The second kappa shape index (κ2) is 5.40. The van der Waals surface area contributed by atoms with Gasteiger partial charge in [-0.25, -0.2) is 0 Å². The first-order valence-corrected chi connectivity index (χ1v) is 5.20. The third kappa shape index (κ3) is 3.49. The van der Waals surface area contributed by atoms with Crippen LogP contribution in [0.15, 0.2) is 12.7 Å². The summed E-state index contributed by atoms with van der Waals surface area (Å²) >= 11 is 0. The highest BCUT2D eigenvalue weighted by Gasteiger charge is 2.23. The van der Waals surface area contributed by atoms with Crippen LogP contribution in [0.1, 0.15) is 26.7 Å². The van der Waals surface area contributed by atoms with Gasteiger partial charge < -0.3 is 10.1 Å². The molecule has 0 saturated carbocycles. The lowest BCUT2D eigenvalue weighted by molar-refractivity contribution is -0.0238. The third-order valence-corrected chi connectivity index (χ3v) is 2.61. The first-order valence-electron chi connectivity index (χ1n) is 5.20. The predicted molar refractivity (Wildman–Crippen MR) is 55.8 cm³/mol. The van der Waals surface area contributed by atoms with Crippen LogP contribution in [0.25, 0.3) is 0 Å². The van der Waals surface area contributed by atoms with E-state index in [1.54, 1.807) is 0 Å². The molecular formula is C11H21NO. The molecule has 2 heteroatoms. The van der Waals surface area contributed by atoms with Crippen molar-refractivity contribution in [3.8, 4) is 0 Å². The number of hydrogen-bond acceptors (Lipinski definition) is 2. The Balaban J connectivity index is 2.28. The van der Waals surface area contributed by atoms with E-state index in [0.717, 1.165) is 26.0 Å². The molecule has 1 aliphatic rings. The van der Waals surface area contributed by atoms with Gasteiger partial charge in [-0.15, -0.1) is 6.58 Å². The molecule has 0 bridgehead atoms. The molecule has 13 heavy (non-hydrogen) atoms. The topological polar surface area (TPSA) is 21.3 Å². The van der Waals surface area contributed by atoms with Crippen LogP contribution in [0.2, 0.25) is 0 Å². The number of hydrogen-bond donors (Lipinski definition) is 1. The molecule has 2 nitrogen and oxygen atoms in total. The van der Waals surface area contributed by atoms with Gasteiger partial charge in [0.25, 0.3) is 0 Å². The van der Waals surface area contributed by atoms with Crippen molar-refractivity contribution in [1.82, 2.24) is 5.32 Å². The molecule has 0 aromatic rings. The van der Waals surface area contributed by atoms with E-state index >= 15 is 0 Å². The summed E-state index contributed by atoms with van der Waals surface area (Å²) in [5, 5.41) is 3.46. The molecule has 1 N–H and O–H groups in total. The molecule has 0 aliphatic carbocycles. The summed E-state index contributed by atoms with van der Waals surface area (Å²) in [6.07, 6.45) is 4.64. The van der Waals surface area contributed by atoms with Crippen LogP contribution in [-0.4, -0.2) is 25.3 Å². The number of rotatable bonds is 4. The predicted octanol–water partition coefficient (Wildman–Crippen LogP) is 1.97. The second-order valence-corrected chi connectivity index (χ2v) is 4.07. The maximum atomic E-state index is 5.68. The normalized spacial score (nSPS) is 29.2. The van der Waals surface area contributed by atoms with Crippen molar-refractivity contribution < 1.29 is 4.74 Å². The summed E-state index contributed by atoms with van der Waals surface area (Å²) in [5.74, 6) is 0.633. The van der Waals surface area contributed by atoms with Crippen molar-refractivity contribution in [3.63, 3.8) is 0 Å². The molecule has 1 rings (SSSR count). The molecule has 2 unspecified atom stereocenters. The SMILES string of the molecule is C=CCNC1CCOC(C(C)C)C1. The number of ether oxygens (including phenoxy) is 1. The van der Waals surface area contributed by atoms with Crippen molar-refractivity contribution >= 4 is 0 Å². The fourth-order valence-corrected chi connectivity index (χ4v) is 1.73. The lowest BCUT2D eigenvalue weighted by Gasteiger charge is -2.32. The first kappa shape index (κ1) is 10.7. The Morgan fingerprint density at radius 1 is 1.62 bits per heavy atom. The lowest BCUT2D eigenvalue weighted by atomic mass is 9.95. The summed E-state index contributed by atoms with van der Waals surface area (Å²) < 4.78 is 5.68. The second-order valence-electron chi connectivity index (χ2n) is 4.07. The first-order chi connectivity index (χ1) is 6.24. The Morgan fingerprint density at radius 3 is 3.00 bits per heavy atom. The van der Waals surface area contributed by atoms with Crippen molar-refractivity contribution in [2.75, 3.05) is 13.2 Å². The lowest BCUT2D eigenvalue weighted by Crippen LogP contribution is -2.40. The zero-order valence-electron chi connectivity index (χ0n) is 8.75. The summed E-state index contributed by atoms with van der Waals surface area (Å²) in [4.78, 5) is 0. The molecule has 1 fully saturated rings. The van der Waals surface area contributed by atoms with Gasteiger partial charge in [0, 0.05) is 19.2 Å². The van der Waals surface area contributed by atoms with Gasteiger partial charge in [-0.1, -0.05) is 19.9 Å². The highest BCUT2D eigenvalue weighted by atomic mass is 16.5. The Kier molecular flexibility index (Phi) is 4.46. The molecule has 0 amide bonds. The molecule has 0 spiro atoms. The maximum Gasteiger partial charge on any atom is 0.0612 e. The van der Waals surface area contributed by atoms with Crippen LogP contribution >= 0.6 is 0 Å². The standard InChI is InChI=1S/C11H21NO/c1-4-6-12-10-5-7-13-11(8-10)9(2)3/h4,9-12H,1,5-8H2,2-3H3. The maximum absolute atomic E-state index is 5.68. The van der Waals surface area contributed by atoms with E-state index in [-0.39, 0.29) is 0 Å². The fraction of sp³-hybridized carbons (Fsp3) is 0.818. The van der Waals surface area contributed by atoms with Crippen molar-refractivity contribution in [3.05, 3.63) is 12.7 Å². The van der Waals surface area contributed by atoms with Gasteiger partial charge in [0.2, 0.25) is 0 Å². The van der Waals surface area contributed by atoms with Crippen molar-refractivity contribution in [2.24, 2.45) is 5.92 Å². The molecule has 0 aromatic carbocycles. The summed E-state index contributed by atoms with van der Waals surface area (Å²) in [5.41, 5.74) is 0. The van der Waals surface area contributed by atoms with E-state index in [1.807, 2.05) is 6.08 Å². The van der Waals surface area contributed by atoms with Gasteiger partial charge >= 0.3 is 0 Å². The molecule has 1 aliphatic heterocycles. The van der Waals surface area contributed by atoms with E-state index < -0.39 is 0 Å². The zero-order chi connectivity index (χ0) is 9.68. The monoisotopic (exact) mass is 183 g/mol.